The summed E-state index contributed by atoms with van der Waals surface area (Å²) in [4.78, 5) is 11.3. The van der Waals surface area contributed by atoms with Crippen molar-refractivity contribution in [3.63, 3.8) is 0 Å². The van der Waals surface area contributed by atoms with E-state index in [9.17, 15) is 4.79 Å². The van der Waals surface area contributed by atoms with Crippen molar-refractivity contribution in [2.75, 3.05) is 0 Å². The Hall–Kier alpha value is -1.76. The molecule has 0 radical (unpaired) electrons. The third kappa shape index (κ3) is 2.98. The van der Waals surface area contributed by atoms with Crippen LogP contribution in [0, 0.1) is 0 Å². The van der Waals surface area contributed by atoms with Crippen molar-refractivity contribution in [2.45, 2.75) is 30.7 Å². The fourth-order valence-corrected chi connectivity index (χ4v) is 2.42. The number of aromatic nitrogens is 3. The van der Waals surface area contributed by atoms with Crippen LogP contribution in [-0.4, -0.2) is 19.9 Å². The summed E-state index contributed by atoms with van der Waals surface area (Å²) in [5.74, 6) is 1.78. The van der Waals surface area contributed by atoms with Gasteiger partial charge in [0.25, 0.3) is 0 Å². The Morgan fingerprint density at radius 3 is 2.79 bits per heavy atom. The summed E-state index contributed by atoms with van der Waals surface area (Å²) in [6.07, 6.45) is 1.05. The lowest BCUT2D eigenvalue weighted by atomic mass is 10.2. The highest BCUT2D eigenvalue weighted by atomic mass is 32.2. The molecule has 0 aromatic carbocycles. The summed E-state index contributed by atoms with van der Waals surface area (Å²) >= 11 is 1.43. The van der Waals surface area contributed by atoms with Crippen LogP contribution in [0.15, 0.2) is 26.7 Å². The Morgan fingerprint density at radius 2 is 2.21 bits per heavy atom. The number of hydrogen-bond donors (Lipinski definition) is 1. The van der Waals surface area contributed by atoms with Gasteiger partial charge in [-0.3, -0.25) is 4.79 Å². The van der Waals surface area contributed by atoms with E-state index in [1.54, 1.807) is 0 Å². The number of nitrogens with zero attached hydrogens (tertiary/aromatic N) is 3. The molecule has 0 unspecified atom stereocenters. The highest BCUT2D eigenvalue weighted by molar-refractivity contribution is 7.98. The van der Waals surface area contributed by atoms with Gasteiger partial charge in [-0.1, -0.05) is 25.6 Å². The van der Waals surface area contributed by atoms with E-state index in [1.807, 2.05) is 11.6 Å². The molecule has 102 valence electrons. The van der Waals surface area contributed by atoms with Crippen molar-refractivity contribution in [3.8, 4) is 5.75 Å². The Morgan fingerprint density at radius 1 is 1.47 bits per heavy atom. The van der Waals surface area contributed by atoms with Crippen LogP contribution in [0.2, 0.25) is 0 Å². The zero-order valence-corrected chi connectivity index (χ0v) is 11.8. The van der Waals surface area contributed by atoms with Gasteiger partial charge in [0.2, 0.25) is 5.43 Å². The molecule has 0 spiro atoms. The summed E-state index contributed by atoms with van der Waals surface area (Å²) in [7, 11) is 1.91. The molecule has 0 aliphatic rings. The van der Waals surface area contributed by atoms with Crippen molar-refractivity contribution >= 4 is 11.8 Å². The minimum atomic E-state index is -0.442. The molecular weight excluding hydrogens is 266 g/mol. The van der Waals surface area contributed by atoms with Crippen LogP contribution < -0.4 is 5.43 Å². The van der Waals surface area contributed by atoms with Gasteiger partial charge in [-0.2, -0.15) is 0 Å². The van der Waals surface area contributed by atoms with Crippen LogP contribution in [0.25, 0.3) is 0 Å². The maximum Gasteiger partial charge on any atom is 0.226 e. The van der Waals surface area contributed by atoms with Gasteiger partial charge >= 0.3 is 0 Å². The molecule has 0 bridgehead atoms. The molecule has 6 nitrogen and oxygen atoms in total. The van der Waals surface area contributed by atoms with Crippen LogP contribution in [0.4, 0.5) is 0 Å². The molecule has 1 N–H and O–H groups in total. The normalized spacial score (nSPS) is 11.2. The van der Waals surface area contributed by atoms with E-state index in [0.29, 0.717) is 17.4 Å². The topological polar surface area (TPSA) is 81.2 Å². The molecule has 0 amide bonds. The van der Waals surface area contributed by atoms with Gasteiger partial charge in [-0.15, -0.1) is 10.2 Å². The zero-order chi connectivity index (χ0) is 14.0. The molecule has 2 aromatic rings. The van der Waals surface area contributed by atoms with E-state index in [2.05, 4.69) is 24.0 Å². The van der Waals surface area contributed by atoms with E-state index in [4.69, 9.17) is 9.52 Å². The molecular formula is C12H15N3O3S. The van der Waals surface area contributed by atoms with Gasteiger partial charge in [0, 0.05) is 19.0 Å². The minimum Gasteiger partial charge on any atom is -0.502 e. The first-order valence-electron chi connectivity index (χ1n) is 5.81. The standard InChI is InChI=1S/C12H15N3O3S/c1-7(2)11-13-14-12(15(11)3)19-6-8-4-9(16)10(17)5-18-8/h4-5,7,17H,6H2,1-3H3. The van der Waals surface area contributed by atoms with Crippen LogP contribution in [0.3, 0.4) is 0 Å². The van der Waals surface area contributed by atoms with E-state index in [-0.39, 0.29) is 5.75 Å². The summed E-state index contributed by atoms with van der Waals surface area (Å²) in [5, 5.41) is 18.1. The maximum atomic E-state index is 11.3. The van der Waals surface area contributed by atoms with E-state index in [1.165, 1.54) is 17.8 Å². The molecule has 2 aromatic heterocycles. The Labute approximate surface area is 114 Å². The van der Waals surface area contributed by atoms with Gasteiger partial charge in [0.05, 0.1) is 5.75 Å². The first kappa shape index (κ1) is 13.7. The SMILES string of the molecule is CC(C)c1nnc(SCc2cc(=O)c(O)co2)n1C. The lowest BCUT2D eigenvalue weighted by Gasteiger charge is -2.05. The predicted octanol–water partition coefficient (Wildman–Crippen LogP) is 1.89. The number of rotatable bonds is 4. The molecule has 0 aliphatic carbocycles. The number of hydrogen-bond acceptors (Lipinski definition) is 6. The molecule has 2 rings (SSSR count). The second-order valence-electron chi connectivity index (χ2n) is 4.44. The second kappa shape index (κ2) is 5.48. The van der Waals surface area contributed by atoms with Crippen molar-refractivity contribution < 1.29 is 9.52 Å². The lowest BCUT2D eigenvalue weighted by Crippen LogP contribution is -2.01. The van der Waals surface area contributed by atoms with Crippen molar-refractivity contribution in [3.05, 3.63) is 34.1 Å². The van der Waals surface area contributed by atoms with Crippen molar-refractivity contribution in [2.24, 2.45) is 7.05 Å². The minimum absolute atomic E-state index is 0.304. The molecule has 0 saturated carbocycles. The average Bonchev–Trinajstić information content (AvgIpc) is 2.72. The quantitative estimate of drug-likeness (QED) is 0.862. The smallest absolute Gasteiger partial charge is 0.226 e. The Kier molecular flexibility index (Phi) is 3.94. The number of thioether (sulfide) groups is 1. The summed E-state index contributed by atoms with van der Waals surface area (Å²) in [5.41, 5.74) is -0.442. The molecule has 19 heavy (non-hydrogen) atoms. The van der Waals surface area contributed by atoms with Gasteiger partial charge in [0.15, 0.2) is 10.9 Å². The van der Waals surface area contributed by atoms with Crippen LogP contribution in [0.5, 0.6) is 5.75 Å². The van der Waals surface area contributed by atoms with E-state index in [0.717, 1.165) is 17.2 Å². The highest BCUT2D eigenvalue weighted by Gasteiger charge is 2.12. The van der Waals surface area contributed by atoms with Crippen LogP contribution in [-0.2, 0) is 12.8 Å². The Balaban J connectivity index is 2.10. The van der Waals surface area contributed by atoms with Crippen LogP contribution in [0.1, 0.15) is 31.4 Å². The molecule has 2 heterocycles. The summed E-state index contributed by atoms with van der Waals surface area (Å²) in [6, 6.07) is 1.28. The number of aromatic hydroxyl groups is 1. The van der Waals surface area contributed by atoms with Crippen LogP contribution >= 0.6 is 11.8 Å². The predicted molar refractivity (Wildman–Crippen MR) is 71.3 cm³/mol. The van der Waals surface area contributed by atoms with Crippen molar-refractivity contribution in [1.29, 1.82) is 0 Å². The maximum absolute atomic E-state index is 11.3. The molecule has 0 saturated heterocycles. The van der Waals surface area contributed by atoms with Gasteiger partial charge in [0.1, 0.15) is 17.8 Å². The van der Waals surface area contributed by atoms with Crippen molar-refractivity contribution in [1.82, 2.24) is 14.8 Å². The molecule has 0 fully saturated rings. The van der Waals surface area contributed by atoms with Gasteiger partial charge < -0.3 is 14.1 Å². The fraction of sp³-hybridized carbons (Fsp3) is 0.417. The molecule has 7 heteroatoms. The average molecular weight is 281 g/mol. The summed E-state index contributed by atoms with van der Waals surface area (Å²) in [6.45, 7) is 4.11. The lowest BCUT2D eigenvalue weighted by molar-refractivity contribution is 0.419. The first-order valence-corrected chi connectivity index (χ1v) is 6.80. The summed E-state index contributed by atoms with van der Waals surface area (Å²) < 4.78 is 7.05. The third-order valence-corrected chi connectivity index (χ3v) is 3.64. The Bertz CT molecular complexity index is 633. The monoisotopic (exact) mass is 281 g/mol. The molecule has 0 aliphatic heterocycles. The highest BCUT2D eigenvalue weighted by Crippen LogP contribution is 2.23. The van der Waals surface area contributed by atoms with E-state index >= 15 is 0 Å². The van der Waals surface area contributed by atoms with Gasteiger partial charge in [-0.25, -0.2) is 0 Å². The second-order valence-corrected chi connectivity index (χ2v) is 5.38. The van der Waals surface area contributed by atoms with Gasteiger partial charge in [-0.05, 0) is 0 Å². The fourth-order valence-electron chi connectivity index (χ4n) is 1.61. The largest absolute Gasteiger partial charge is 0.502 e. The third-order valence-electron chi connectivity index (χ3n) is 2.59. The zero-order valence-electron chi connectivity index (χ0n) is 11.0. The van der Waals surface area contributed by atoms with E-state index < -0.39 is 5.43 Å². The molecule has 0 atom stereocenters. The first-order chi connectivity index (χ1) is 8.99.